The molecular formula is C22H21N5O2. The maximum absolute atomic E-state index is 12.6. The van der Waals surface area contributed by atoms with E-state index < -0.39 is 0 Å². The van der Waals surface area contributed by atoms with Crippen molar-refractivity contribution in [2.24, 2.45) is 5.92 Å². The van der Waals surface area contributed by atoms with E-state index in [1.54, 1.807) is 18.3 Å². The molecule has 0 unspecified atom stereocenters. The number of aromatic amines is 1. The molecule has 29 heavy (non-hydrogen) atoms. The van der Waals surface area contributed by atoms with Gasteiger partial charge in [0.2, 0.25) is 5.91 Å². The Morgan fingerprint density at radius 3 is 2.90 bits per heavy atom. The molecule has 3 aromatic heterocycles. The van der Waals surface area contributed by atoms with E-state index in [0.717, 1.165) is 36.0 Å². The lowest BCUT2D eigenvalue weighted by molar-refractivity contribution is -0.117. The van der Waals surface area contributed by atoms with Gasteiger partial charge >= 0.3 is 0 Å². The number of hydrogen-bond acceptors (Lipinski definition) is 4. The number of aryl methyl sites for hydroxylation is 1. The second-order valence-corrected chi connectivity index (χ2v) is 7.36. The predicted octanol–water partition coefficient (Wildman–Crippen LogP) is 3.99. The highest BCUT2D eigenvalue weighted by Crippen LogP contribution is 2.33. The molecule has 0 spiro atoms. The lowest BCUT2D eigenvalue weighted by atomic mass is 10.2. The lowest BCUT2D eigenvalue weighted by Crippen LogP contribution is -2.16. The van der Waals surface area contributed by atoms with Crippen molar-refractivity contribution in [3.05, 3.63) is 59.1 Å². The van der Waals surface area contributed by atoms with Crippen LogP contribution >= 0.6 is 0 Å². The van der Waals surface area contributed by atoms with Gasteiger partial charge in [-0.1, -0.05) is 12.1 Å². The average Bonchev–Trinajstić information content (AvgIpc) is 3.48. The van der Waals surface area contributed by atoms with Gasteiger partial charge in [-0.15, -0.1) is 0 Å². The van der Waals surface area contributed by atoms with Crippen molar-refractivity contribution in [3.8, 4) is 0 Å². The number of benzene rings is 1. The molecule has 0 saturated heterocycles. The van der Waals surface area contributed by atoms with E-state index in [2.05, 4.69) is 50.4 Å². The van der Waals surface area contributed by atoms with Crippen molar-refractivity contribution in [2.75, 3.05) is 10.6 Å². The maximum atomic E-state index is 12.6. The van der Waals surface area contributed by atoms with Crippen LogP contribution in [0.1, 0.15) is 19.8 Å². The van der Waals surface area contributed by atoms with Gasteiger partial charge in [0.15, 0.2) is 0 Å². The summed E-state index contributed by atoms with van der Waals surface area (Å²) in [4.78, 5) is 32.0. The van der Waals surface area contributed by atoms with E-state index >= 15 is 0 Å². The molecule has 1 amide bonds. The Bertz CT molecular complexity index is 1300. The van der Waals surface area contributed by atoms with Crippen molar-refractivity contribution >= 4 is 44.9 Å². The van der Waals surface area contributed by atoms with E-state index in [4.69, 9.17) is 0 Å². The first-order chi connectivity index (χ1) is 14.1. The minimum absolute atomic E-state index is 0.0189. The third-order valence-electron chi connectivity index (χ3n) is 5.33. The summed E-state index contributed by atoms with van der Waals surface area (Å²) >= 11 is 0. The molecule has 0 bridgehead atoms. The molecule has 7 heteroatoms. The number of carbonyl (C=O) groups excluding carboxylic acids is 1. The SMILES string of the molecule is CCn1ccc2cccc(Nc3cc(NC(=O)C4CC4)nc4cc[nH]c(=O)c34)c21. The van der Waals surface area contributed by atoms with Gasteiger partial charge in [-0.2, -0.15) is 0 Å². The summed E-state index contributed by atoms with van der Waals surface area (Å²) in [6.45, 7) is 2.93. The third-order valence-corrected chi connectivity index (χ3v) is 5.33. The Balaban J connectivity index is 1.64. The molecule has 0 atom stereocenters. The Morgan fingerprint density at radius 1 is 1.24 bits per heavy atom. The Morgan fingerprint density at radius 2 is 2.10 bits per heavy atom. The van der Waals surface area contributed by atoms with Gasteiger partial charge in [-0.05, 0) is 38.0 Å². The molecule has 7 nitrogen and oxygen atoms in total. The molecule has 1 aromatic carbocycles. The summed E-state index contributed by atoms with van der Waals surface area (Å²) < 4.78 is 2.15. The van der Waals surface area contributed by atoms with E-state index in [1.807, 2.05) is 12.1 Å². The van der Waals surface area contributed by atoms with Crippen molar-refractivity contribution in [1.29, 1.82) is 0 Å². The van der Waals surface area contributed by atoms with Crippen molar-refractivity contribution in [2.45, 2.75) is 26.3 Å². The summed E-state index contributed by atoms with van der Waals surface area (Å²) in [7, 11) is 0. The van der Waals surface area contributed by atoms with Gasteiger partial charge in [-0.25, -0.2) is 4.98 Å². The number of rotatable bonds is 5. The van der Waals surface area contributed by atoms with Gasteiger partial charge in [0, 0.05) is 36.3 Å². The van der Waals surface area contributed by atoms with Crippen molar-refractivity contribution < 1.29 is 4.79 Å². The van der Waals surface area contributed by atoms with Crippen LogP contribution in [-0.4, -0.2) is 20.4 Å². The van der Waals surface area contributed by atoms with Crippen LogP contribution in [0.4, 0.5) is 17.2 Å². The fourth-order valence-electron chi connectivity index (χ4n) is 3.70. The smallest absolute Gasteiger partial charge is 0.259 e. The molecule has 146 valence electrons. The quantitative estimate of drug-likeness (QED) is 0.483. The van der Waals surface area contributed by atoms with E-state index in [1.165, 1.54) is 0 Å². The van der Waals surface area contributed by atoms with Gasteiger partial charge in [0.1, 0.15) is 5.82 Å². The normalized spacial score (nSPS) is 13.7. The molecule has 0 aliphatic heterocycles. The number of carbonyl (C=O) groups is 1. The van der Waals surface area contributed by atoms with E-state index in [9.17, 15) is 9.59 Å². The number of nitrogens with zero attached hydrogens (tertiary/aromatic N) is 2. The molecular weight excluding hydrogens is 366 g/mol. The van der Waals surface area contributed by atoms with Crippen molar-refractivity contribution in [3.63, 3.8) is 0 Å². The fraction of sp³-hybridized carbons (Fsp3) is 0.227. The molecule has 5 rings (SSSR count). The van der Waals surface area contributed by atoms with E-state index in [0.29, 0.717) is 22.4 Å². The highest BCUT2D eigenvalue weighted by molar-refractivity contribution is 6.01. The highest BCUT2D eigenvalue weighted by atomic mass is 16.2. The number of H-pyrrole nitrogens is 1. The first kappa shape index (κ1) is 17.5. The third kappa shape index (κ3) is 3.14. The zero-order valence-corrected chi connectivity index (χ0v) is 16.0. The summed E-state index contributed by atoms with van der Waals surface area (Å²) in [5.74, 6) is 0.500. The Kier molecular flexibility index (Phi) is 4.08. The molecule has 0 radical (unpaired) electrons. The Labute approximate surface area is 166 Å². The van der Waals surface area contributed by atoms with Crippen LogP contribution in [-0.2, 0) is 11.3 Å². The second kappa shape index (κ2) is 6.77. The number of pyridine rings is 2. The average molecular weight is 387 g/mol. The summed E-state index contributed by atoms with van der Waals surface area (Å²) in [5, 5.41) is 7.89. The first-order valence-corrected chi connectivity index (χ1v) is 9.82. The topological polar surface area (TPSA) is 91.8 Å². The highest BCUT2D eigenvalue weighted by Gasteiger charge is 2.30. The minimum atomic E-state index is -0.226. The van der Waals surface area contributed by atoms with Crippen LogP contribution in [0.25, 0.3) is 21.8 Å². The standard InChI is InChI=1S/C22H21N5O2/c1-2-27-11-9-13-4-3-5-16(20(13)27)24-17-12-18(26-21(28)14-6-7-14)25-15-8-10-23-22(29)19(15)17/h3-5,8-12,14H,2,6-7H2,1H3,(H,23,29)(H2,24,25,26,28). The molecule has 3 N–H and O–H groups in total. The number of aromatic nitrogens is 3. The zero-order valence-electron chi connectivity index (χ0n) is 16.0. The molecule has 3 heterocycles. The molecule has 1 aliphatic carbocycles. The number of amides is 1. The van der Waals surface area contributed by atoms with Crippen LogP contribution in [0, 0.1) is 5.92 Å². The van der Waals surface area contributed by atoms with Crippen LogP contribution in [0.3, 0.4) is 0 Å². The molecule has 1 aliphatic rings. The Hall–Kier alpha value is -3.61. The maximum Gasteiger partial charge on any atom is 0.259 e. The number of anilines is 3. The molecule has 4 aromatic rings. The number of fused-ring (bicyclic) bond motifs is 2. The van der Waals surface area contributed by atoms with Gasteiger partial charge in [-0.3, -0.25) is 9.59 Å². The number of nitrogens with one attached hydrogen (secondary N) is 3. The van der Waals surface area contributed by atoms with Gasteiger partial charge < -0.3 is 20.2 Å². The summed E-state index contributed by atoms with van der Waals surface area (Å²) in [5.41, 5.74) is 2.87. The van der Waals surface area contributed by atoms with E-state index in [-0.39, 0.29) is 17.4 Å². The first-order valence-electron chi connectivity index (χ1n) is 9.82. The number of para-hydroxylation sites is 1. The van der Waals surface area contributed by atoms with Crippen LogP contribution in [0.5, 0.6) is 0 Å². The van der Waals surface area contributed by atoms with Gasteiger partial charge in [0.05, 0.1) is 27.8 Å². The lowest BCUT2D eigenvalue weighted by Gasteiger charge is -2.14. The second-order valence-electron chi connectivity index (χ2n) is 7.36. The number of hydrogen-bond donors (Lipinski definition) is 3. The largest absolute Gasteiger partial charge is 0.353 e. The van der Waals surface area contributed by atoms with Crippen LogP contribution in [0.15, 0.2) is 53.6 Å². The summed E-state index contributed by atoms with van der Waals surface area (Å²) in [6.07, 6.45) is 5.45. The molecule has 1 fully saturated rings. The summed E-state index contributed by atoms with van der Waals surface area (Å²) in [6, 6.07) is 11.6. The monoisotopic (exact) mass is 387 g/mol. The molecule has 1 saturated carbocycles. The van der Waals surface area contributed by atoms with Crippen molar-refractivity contribution in [1.82, 2.24) is 14.5 Å². The van der Waals surface area contributed by atoms with Crippen LogP contribution < -0.4 is 16.2 Å². The fourth-order valence-corrected chi connectivity index (χ4v) is 3.70. The zero-order chi connectivity index (χ0) is 20.0. The van der Waals surface area contributed by atoms with Crippen LogP contribution in [0.2, 0.25) is 0 Å². The van der Waals surface area contributed by atoms with Gasteiger partial charge in [0.25, 0.3) is 5.56 Å². The minimum Gasteiger partial charge on any atom is -0.353 e. The predicted molar refractivity (Wildman–Crippen MR) is 115 cm³/mol.